The van der Waals surface area contributed by atoms with E-state index in [0.29, 0.717) is 23.4 Å². The molecule has 1 aromatic carbocycles. The monoisotopic (exact) mass is 360 g/mol. The van der Waals surface area contributed by atoms with Crippen LogP contribution in [0.15, 0.2) is 33.6 Å². The zero-order valence-electron chi connectivity index (χ0n) is 10.9. The number of amides is 1. The summed E-state index contributed by atoms with van der Waals surface area (Å²) in [6.07, 6.45) is 2.94. The van der Waals surface area contributed by atoms with Gasteiger partial charge >= 0.3 is 0 Å². The molecule has 0 bridgehead atoms. The average Bonchev–Trinajstić information content (AvgIpc) is 3.19. The summed E-state index contributed by atoms with van der Waals surface area (Å²) in [4.78, 5) is 11.7. The summed E-state index contributed by atoms with van der Waals surface area (Å²) in [6, 6.07) is 6.98. The van der Waals surface area contributed by atoms with Crippen LogP contribution in [0.3, 0.4) is 0 Å². The molecule has 0 atom stereocenters. The van der Waals surface area contributed by atoms with Gasteiger partial charge in [-0.3, -0.25) is 4.79 Å². The Morgan fingerprint density at radius 1 is 1.30 bits per heavy atom. The molecule has 0 unspecified atom stereocenters. The van der Waals surface area contributed by atoms with Crippen LogP contribution in [-0.2, 0) is 14.8 Å². The Bertz CT molecular complexity index is 585. The second-order valence-electron chi connectivity index (χ2n) is 4.77. The van der Waals surface area contributed by atoms with Crippen molar-refractivity contribution in [2.75, 3.05) is 6.54 Å². The molecule has 0 saturated heterocycles. The number of rotatable bonds is 7. The Kier molecular flexibility index (Phi) is 5.17. The highest BCUT2D eigenvalue weighted by atomic mass is 79.9. The SMILES string of the molecule is O=C(CCCNS(=O)(=O)c1ccccc1Br)NC1CC1. The van der Waals surface area contributed by atoms with E-state index in [0.717, 1.165) is 12.8 Å². The van der Waals surface area contributed by atoms with E-state index < -0.39 is 10.0 Å². The van der Waals surface area contributed by atoms with Crippen LogP contribution in [0.2, 0.25) is 0 Å². The van der Waals surface area contributed by atoms with E-state index in [1.165, 1.54) is 6.07 Å². The molecule has 0 aromatic heterocycles. The zero-order valence-corrected chi connectivity index (χ0v) is 13.3. The minimum atomic E-state index is -3.53. The van der Waals surface area contributed by atoms with Crippen LogP contribution in [0.25, 0.3) is 0 Å². The number of hydrogen-bond acceptors (Lipinski definition) is 3. The first-order valence-corrected chi connectivity index (χ1v) is 8.80. The van der Waals surface area contributed by atoms with Gasteiger partial charge in [0.05, 0.1) is 4.90 Å². The molecule has 5 nitrogen and oxygen atoms in total. The van der Waals surface area contributed by atoms with Gasteiger partial charge in [-0.15, -0.1) is 0 Å². The van der Waals surface area contributed by atoms with Crippen molar-refractivity contribution in [3.63, 3.8) is 0 Å². The lowest BCUT2D eigenvalue weighted by Gasteiger charge is -2.08. The highest BCUT2D eigenvalue weighted by Gasteiger charge is 2.23. The van der Waals surface area contributed by atoms with Gasteiger partial charge in [0.15, 0.2) is 0 Å². The Hall–Kier alpha value is -0.920. The third kappa shape index (κ3) is 4.57. The van der Waals surface area contributed by atoms with Gasteiger partial charge in [0.2, 0.25) is 15.9 Å². The van der Waals surface area contributed by atoms with Gasteiger partial charge in [0.25, 0.3) is 0 Å². The van der Waals surface area contributed by atoms with Gasteiger partial charge in [-0.1, -0.05) is 12.1 Å². The third-order valence-corrected chi connectivity index (χ3v) is 5.41. The first-order chi connectivity index (χ1) is 9.49. The zero-order chi connectivity index (χ0) is 14.6. The summed E-state index contributed by atoms with van der Waals surface area (Å²) in [5.41, 5.74) is 0. The molecule has 0 aliphatic heterocycles. The van der Waals surface area contributed by atoms with E-state index in [-0.39, 0.29) is 17.3 Å². The minimum absolute atomic E-state index is 0.00686. The quantitative estimate of drug-likeness (QED) is 0.727. The molecule has 0 spiro atoms. The van der Waals surface area contributed by atoms with Gasteiger partial charge in [-0.2, -0.15) is 0 Å². The van der Waals surface area contributed by atoms with Crippen LogP contribution in [-0.4, -0.2) is 26.9 Å². The average molecular weight is 361 g/mol. The van der Waals surface area contributed by atoms with Crippen LogP contribution in [0.4, 0.5) is 0 Å². The normalized spacial score (nSPS) is 15.1. The molecule has 0 heterocycles. The molecule has 1 aliphatic rings. The smallest absolute Gasteiger partial charge is 0.241 e. The molecule has 2 rings (SSSR count). The van der Waals surface area contributed by atoms with Crippen molar-refractivity contribution in [3.05, 3.63) is 28.7 Å². The number of halogens is 1. The maximum absolute atomic E-state index is 12.0. The van der Waals surface area contributed by atoms with Gasteiger partial charge in [-0.05, 0) is 47.3 Å². The summed E-state index contributed by atoms with van der Waals surface area (Å²) in [7, 11) is -3.53. The molecule has 2 N–H and O–H groups in total. The number of hydrogen-bond donors (Lipinski definition) is 2. The summed E-state index contributed by atoms with van der Waals surface area (Å²) < 4.78 is 27.1. The maximum Gasteiger partial charge on any atom is 0.241 e. The maximum atomic E-state index is 12.0. The van der Waals surface area contributed by atoms with E-state index in [4.69, 9.17) is 0 Å². The largest absolute Gasteiger partial charge is 0.353 e. The van der Waals surface area contributed by atoms with Crippen LogP contribution in [0.5, 0.6) is 0 Å². The highest BCUT2D eigenvalue weighted by molar-refractivity contribution is 9.10. The number of carbonyl (C=O) groups is 1. The van der Waals surface area contributed by atoms with Crippen molar-refractivity contribution in [1.82, 2.24) is 10.0 Å². The molecule has 20 heavy (non-hydrogen) atoms. The fraction of sp³-hybridized carbons (Fsp3) is 0.462. The fourth-order valence-electron chi connectivity index (χ4n) is 1.72. The van der Waals surface area contributed by atoms with Crippen molar-refractivity contribution < 1.29 is 13.2 Å². The number of nitrogens with one attached hydrogen (secondary N) is 2. The van der Waals surface area contributed by atoms with Gasteiger partial charge < -0.3 is 5.32 Å². The van der Waals surface area contributed by atoms with Gasteiger partial charge in [0.1, 0.15) is 0 Å². The number of sulfonamides is 1. The van der Waals surface area contributed by atoms with Crippen molar-refractivity contribution in [1.29, 1.82) is 0 Å². The summed E-state index contributed by atoms with van der Waals surface area (Å²) >= 11 is 3.22. The molecule has 1 fully saturated rings. The van der Waals surface area contributed by atoms with E-state index in [9.17, 15) is 13.2 Å². The van der Waals surface area contributed by atoms with Crippen molar-refractivity contribution in [2.24, 2.45) is 0 Å². The Morgan fingerprint density at radius 2 is 2.00 bits per heavy atom. The first kappa shape index (κ1) is 15.5. The topological polar surface area (TPSA) is 75.3 Å². The summed E-state index contributed by atoms with van der Waals surface area (Å²) in [5, 5.41) is 2.87. The summed E-state index contributed by atoms with van der Waals surface area (Å²) in [6.45, 7) is 0.252. The third-order valence-electron chi connectivity index (χ3n) is 2.94. The second-order valence-corrected chi connectivity index (χ2v) is 7.36. The van der Waals surface area contributed by atoms with E-state index in [1.54, 1.807) is 18.2 Å². The molecule has 110 valence electrons. The van der Waals surface area contributed by atoms with Crippen LogP contribution >= 0.6 is 15.9 Å². The molecular formula is C13H17BrN2O3S. The molecule has 0 radical (unpaired) electrons. The lowest BCUT2D eigenvalue weighted by molar-refractivity contribution is -0.121. The Labute approximate surface area is 127 Å². The van der Waals surface area contributed by atoms with Gasteiger partial charge in [0, 0.05) is 23.5 Å². The van der Waals surface area contributed by atoms with Crippen molar-refractivity contribution in [2.45, 2.75) is 36.6 Å². The lowest BCUT2D eigenvalue weighted by atomic mass is 10.3. The number of carbonyl (C=O) groups excluding carboxylic acids is 1. The minimum Gasteiger partial charge on any atom is -0.353 e. The standard InChI is InChI=1S/C13H17BrN2O3S/c14-11-4-1-2-5-12(11)20(18,19)15-9-3-6-13(17)16-10-7-8-10/h1-2,4-5,10,15H,3,6-9H2,(H,16,17). The van der Waals surface area contributed by atoms with Crippen LogP contribution < -0.4 is 10.0 Å². The van der Waals surface area contributed by atoms with E-state index in [1.807, 2.05) is 0 Å². The molecule has 1 saturated carbocycles. The van der Waals surface area contributed by atoms with Crippen LogP contribution in [0, 0.1) is 0 Å². The fourth-order valence-corrected chi connectivity index (χ4v) is 3.80. The van der Waals surface area contributed by atoms with Crippen molar-refractivity contribution in [3.8, 4) is 0 Å². The molecule has 1 aromatic rings. The molecule has 7 heteroatoms. The van der Waals surface area contributed by atoms with Gasteiger partial charge in [-0.25, -0.2) is 13.1 Å². The highest BCUT2D eigenvalue weighted by Crippen LogP contribution is 2.21. The number of benzene rings is 1. The Balaban J connectivity index is 1.78. The summed E-state index contributed by atoms with van der Waals surface area (Å²) in [5.74, 6) is -0.00686. The first-order valence-electron chi connectivity index (χ1n) is 6.52. The predicted octanol–water partition coefficient (Wildman–Crippen LogP) is 1.79. The van der Waals surface area contributed by atoms with Crippen molar-refractivity contribution >= 4 is 31.9 Å². The molecular weight excluding hydrogens is 344 g/mol. The van der Waals surface area contributed by atoms with E-state index >= 15 is 0 Å². The predicted molar refractivity (Wildman–Crippen MR) is 79.7 cm³/mol. The Morgan fingerprint density at radius 3 is 2.65 bits per heavy atom. The lowest BCUT2D eigenvalue weighted by Crippen LogP contribution is -2.28. The van der Waals surface area contributed by atoms with E-state index in [2.05, 4.69) is 26.0 Å². The molecule has 1 aliphatic carbocycles. The second kappa shape index (κ2) is 6.69. The van der Waals surface area contributed by atoms with Crippen LogP contribution in [0.1, 0.15) is 25.7 Å². The molecule has 1 amide bonds.